The van der Waals surface area contributed by atoms with Crippen molar-refractivity contribution in [3.05, 3.63) is 71.8 Å². The van der Waals surface area contributed by atoms with Gasteiger partial charge in [-0.25, -0.2) is 0 Å². The summed E-state index contributed by atoms with van der Waals surface area (Å²) in [6, 6.07) is 20.1. The van der Waals surface area contributed by atoms with Crippen molar-refractivity contribution in [2.45, 2.75) is 11.8 Å². The minimum atomic E-state index is -0.628. The molecule has 1 heterocycles. The number of carbonyl (C=O) groups is 1. The Morgan fingerprint density at radius 1 is 1.00 bits per heavy atom. The average molecular weight is 300 g/mol. The summed E-state index contributed by atoms with van der Waals surface area (Å²) in [7, 11) is 0. The number of hydrogen-bond donors (Lipinski definition) is 1. The van der Waals surface area contributed by atoms with E-state index in [0.717, 1.165) is 17.5 Å². The molecule has 1 saturated heterocycles. The molecule has 2 aromatic rings. The zero-order valence-corrected chi connectivity index (χ0v) is 12.5. The number of amides is 1. The zero-order chi connectivity index (χ0) is 14.7. The molecule has 1 fully saturated rings. The monoisotopic (exact) mass is 299 g/mol. The lowest BCUT2D eigenvalue weighted by atomic mass is 9.66. The molecule has 3 heteroatoms. The van der Waals surface area contributed by atoms with Crippen LogP contribution in [0, 0.1) is 5.92 Å². The first-order valence-corrected chi connectivity index (χ1v) is 7.79. The van der Waals surface area contributed by atoms with Gasteiger partial charge in [-0.05, 0) is 23.5 Å². The molecule has 1 aliphatic rings. The summed E-state index contributed by atoms with van der Waals surface area (Å²) in [5.41, 5.74) is 1.46. The summed E-state index contributed by atoms with van der Waals surface area (Å²) in [5.74, 6) is 0.809. The van der Waals surface area contributed by atoms with Gasteiger partial charge in [0, 0.05) is 12.4 Å². The maximum absolute atomic E-state index is 12.8. The van der Waals surface area contributed by atoms with Crippen LogP contribution in [0.2, 0.25) is 0 Å². The molecule has 1 aliphatic heterocycles. The third-order valence-electron chi connectivity index (χ3n) is 4.40. The molecule has 1 amide bonds. The van der Waals surface area contributed by atoms with Crippen LogP contribution in [0.5, 0.6) is 0 Å². The van der Waals surface area contributed by atoms with E-state index in [1.54, 1.807) is 0 Å². The van der Waals surface area contributed by atoms with Crippen molar-refractivity contribution in [2.24, 2.45) is 5.92 Å². The largest absolute Gasteiger partial charge is 0.355 e. The summed E-state index contributed by atoms with van der Waals surface area (Å²) in [5, 5.41) is 3.04. The second kappa shape index (κ2) is 5.90. The van der Waals surface area contributed by atoms with Crippen LogP contribution in [0.1, 0.15) is 17.5 Å². The second-order valence-corrected chi connectivity index (χ2v) is 5.80. The van der Waals surface area contributed by atoms with Gasteiger partial charge in [-0.2, -0.15) is 0 Å². The Labute approximate surface area is 130 Å². The minimum absolute atomic E-state index is 0.0787. The Hall–Kier alpha value is -1.80. The SMILES string of the molecule is O=C1NCC(CCCl)C1(c1ccccc1)c1ccccc1. The number of hydrogen-bond acceptors (Lipinski definition) is 1. The average Bonchev–Trinajstić information content (AvgIpc) is 2.87. The molecule has 1 N–H and O–H groups in total. The smallest absolute Gasteiger partial charge is 0.235 e. The van der Waals surface area contributed by atoms with Gasteiger partial charge in [0.1, 0.15) is 5.41 Å². The molecule has 0 aromatic heterocycles. The van der Waals surface area contributed by atoms with E-state index >= 15 is 0 Å². The molecule has 3 rings (SSSR count). The van der Waals surface area contributed by atoms with Crippen molar-refractivity contribution in [1.29, 1.82) is 0 Å². The predicted molar refractivity (Wildman–Crippen MR) is 85.5 cm³/mol. The van der Waals surface area contributed by atoms with E-state index in [2.05, 4.69) is 5.32 Å². The molecule has 108 valence electrons. The van der Waals surface area contributed by atoms with Gasteiger partial charge in [0.2, 0.25) is 5.91 Å². The highest BCUT2D eigenvalue weighted by molar-refractivity contribution is 6.17. The van der Waals surface area contributed by atoms with Gasteiger partial charge in [0.25, 0.3) is 0 Å². The third kappa shape index (κ3) is 2.24. The van der Waals surface area contributed by atoms with E-state index < -0.39 is 5.41 Å². The molecule has 21 heavy (non-hydrogen) atoms. The number of nitrogens with one attached hydrogen (secondary N) is 1. The normalized spacial score (nSPS) is 20.2. The van der Waals surface area contributed by atoms with Crippen LogP contribution in [0.15, 0.2) is 60.7 Å². The number of halogens is 1. The van der Waals surface area contributed by atoms with E-state index in [0.29, 0.717) is 12.4 Å². The molecule has 0 aliphatic carbocycles. The highest BCUT2D eigenvalue weighted by atomic mass is 35.5. The van der Waals surface area contributed by atoms with Gasteiger partial charge in [-0.3, -0.25) is 4.79 Å². The van der Waals surface area contributed by atoms with Crippen LogP contribution in [-0.2, 0) is 10.2 Å². The van der Waals surface area contributed by atoms with Crippen molar-refractivity contribution in [3.8, 4) is 0 Å². The summed E-state index contributed by atoms with van der Waals surface area (Å²) in [4.78, 5) is 12.8. The first-order valence-electron chi connectivity index (χ1n) is 7.25. The molecular formula is C18H18ClNO. The fraction of sp³-hybridized carbons (Fsp3) is 0.278. The zero-order valence-electron chi connectivity index (χ0n) is 11.8. The fourth-order valence-corrected chi connectivity index (χ4v) is 3.71. The minimum Gasteiger partial charge on any atom is -0.355 e. The Morgan fingerprint density at radius 2 is 1.52 bits per heavy atom. The van der Waals surface area contributed by atoms with Crippen LogP contribution in [0.4, 0.5) is 0 Å². The molecule has 0 saturated carbocycles. The van der Waals surface area contributed by atoms with Gasteiger partial charge in [-0.1, -0.05) is 60.7 Å². The molecule has 2 aromatic carbocycles. The maximum atomic E-state index is 12.8. The predicted octanol–water partition coefficient (Wildman–Crippen LogP) is 3.35. The third-order valence-corrected chi connectivity index (χ3v) is 4.61. The standard InChI is InChI=1S/C18H18ClNO/c19-12-11-16-13-20-17(21)18(16,14-7-3-1-4-8-14)15-9-5-2-6-10-15/h1-10,16H,11-13H2,(H,20,21). The topological polar surface area (TPSA) is 29.1 Å². The van der Waals surface area contributed by atoms with E-state index in [-0.39, 0.29) is 11.8 Å². The van der Waals surface area contributed by atoms with Crippen molar-refractivity contribution in [2.75, 3.05) is 12.4 Å². The molecule has 0 spiro atoms. The number of benzene rings is 2. The first-order chi connectivity index (χ1) is 10.3. The Kier molecular flexibility index (Phi) is 3.98. The van der Waals surface area contributed by atoms with E-state index in [1.165, 1.54) is 0 Å². The Morgan fingerprint density at radius 3 is 2.00 bits per heavy atom. The van der Waals surface area contributed by atoms with Crippen LogP contribution >= 0.6 is 11.6 Å². The van der Waals surface area contributed by atoms with Gasteiger partial charge in [0.15, 0.2) is 0 Å². The molecule has 1 unspecified atom stereocenters. The quantitative estimate of drug-likeness (QED) is 0.862. The highest BCUT2D eigenvalue weighted by Gasteiger charge is 2.52. The van der Waals surface area contributed by atoms with Crippen molar-refractivity contribution >= 4 is 17.5 Å². The van der Waals surface area contributed by atoms with Crippen LogP contribution in [0.25, 0.3) is 0 Å². The van der Waals surface area contributed by atoms with Gasteiger partial charge < -0.3 is 5.32 Å². The maximum Gasteiger partial charge on any atom is 0.235 e. The number of alkyl halides is 1. The van der Waals surface area contributed by atoms with Crippen LogP contribution in [-0.4, -0.2) is 18.3 Å². The summed E-state index contributed by atoms with van der Waals surface area (Å²) < 4.78 is 0. The summed E-state index contributed by atoms with van der Waals surface area (Å²) in [6.07, 6.45) is 0.810. The van der Waals surface area contributed by atoms with Gasteiger partial charge >= 0.3 is 0 Å². The van der Waals surface area contributed by atoms with Gasteiger partial charge in [-0.15, -0.1) is 11.6 Å². The molecular weight excluding hydrogens is 282 g/mol. The summed E-state index contributed by atoms with van der Waals surface area (Å²) in [6.45, 7) is 0.676. The lowest BCUT2D eigenvalue weighted by Gasteiger charge is -2.33. The van der Waals surface area contributed by atoms with E-state index in [4.69, 9.17) is 11.6 Å². The summed E-state index contributed by atoms with van der Waals surface area (Å²) >= 11 is 5.99. The number of carbonyl (C=O) groups excluding carboxylic acids is 1. The molecule has 0 radical (unpaired) electrons. The molecule has 1 atom stereocenters. The van der Waals surface area contributed by atoms with Crippen molar-refractivity contribution in [1.82, 2.24) is 5.32 Å². The lowest BCUT2D eigenvalue weighted by molar-refractivity contribution is -0.123. The highest BCUT2D eigenvalue weighted by Crippen LogP contribution is 2.44. The lowest BCUT2D eigenvalue weighted by Crippen LogP contribution is -2.41. The van der Waals surface area contributed by atoms with Crippen molar-refractivity contribution < 1.29 is 4.79 Å². The molecule has 2 nitrogen and oxygen atoms in total. The Bertz CT molecular complexity index is 572. The van der Waals surface area contributed by atoms with E-state index in [9.17, 15) is 4.79 Å². The van der Waals surface area contributed by atoms with E-state index in [1.807, 2.05) is 60.7 Å². The number of rotatable bonds is 4. The Balaban J connectivity index is 2.22. The van der Waals surface area contributed by atoms with Gasteiger partial charge in [0.05, 0.1) is 0 Å². The molecule has 0 bridgehead atoms. The van der Waals surface area contributed by atoms with Crippen molar-refractivity contribution in [3.63, 3.8) is 0 Å². The fourth-order valence-electron chi connectivity index (χ4n) is 3.45. The first kappa shape index (κ1) is 14.2. The second-order valence-electron chi connectivity index (χ2n) is 5.42. The van der Waals surface area contributed by atoms with Crippen LogP contribution < -0.4 is 5.32 Å². The van der Waals surface area contributed by atoms with Crippen LogP contribution in [0.3, 0.4) is 0 Å².